The highest BCUT2D eigenvalue weighted by molar-refractivity contribution is 6.31. The highest BCUT2D eigenvalue weighted by Crippen LogP contribution is 2.29. The first-order valence-electron chi connectivity index (χ1n) is 9.70. The smallest absolute Gasteiger partial charge is 0.271 e. The van der Waals surface area contributed by atoms with E-state index in [1.54, 1.807) is 54.6 Å². The van der Waals surface area contributed by atoms with E-state index in [2.05, 4.69) is 10.5 Å². The number of nitrogens with zero attached hydrogens (tertiary/aromatic N) is 1. The van der Waals surface area contributed by atoms with Crippen molar-refractivity contribution < 1.29 is 18.7 Å². The molecule has 1 amide bonds. The predicted octanol–water partition coefficient (Wildman–Crippen LogP) is 5.53. The molecule has 160 valence electrons. The van der Waals surface area contributed by atoms with Crippen molar-refractivity contribution in [3.05, 3.63) is 93.8 Å². The third-order valence-electron chi connectivity index (χ3n) is 4.42. The molecule has 7 heteroatoms. The van der Waals surface area contributed by atoms with Crippen LogP contribution in [0.5, 0.6) is 11.5 Å². The van der Waals surface area contributed by atoms with Gasteiger partial charge in [0.05, 0.1) is 12.8 Å². The summed E-state index contributed by atoms with van der Waals surface area (Å²) in [6.07, 6.45) is 1.50. The summed E-state index contributed by atoms with van der Waals surface area (Å²) < 4.78 is 25.2. The van der Waals surface area contributed by atoms with Crippen LogP contribution in [0.3, 0.4) is 0 Å². The van der Waals surface area contributed by atoms with E-state index in [0.717, 1.165) is 5.56 Å². The van der Waals surface area contributed by atoms with Crippen LogP contribution < -0.4 is 14.9 Å². The zero-order chi connectivity index (χ0) is 22.2. The topological polar surface area (TPSA) is 59.9 Å². The van der Waals surface area contributed by atoms with Gasteiger partial charge in [-0.3, -0.25) is 4.79 Å². The fraction of sp³-hybridized carbons (Fsp3) is 0.167. The lowest BCUT2D eigenvalue weighted by Gasteiger charge is -2.13. The molecule has 0 bridgehead atoms. The average molecular weight is 441 g/mol. The van der Waals surface area contributed by atoms with Crippen molar-refractivity contribution in [3.8, 4) is 11.5 Å². The second kappa shape index (κ2) is 10.6. The maximum absolute atomic E-state index is 13.8. The molecular formula is C24H22ClFN2O3. The van der Waals surface area contributed by atoms with Gasteiger partial charge >= 0.3 is 0 Å². The summed E-state index contributed by atoms with van der Waals surface area (Å²) >= 11 is 6.06. The fourth-order valence-electron chi connectivity index (χ4n) is 2.73. The first-order valence-corrected chi connectivity index (χ1v) is 10.1. The van der Waals surface area contributed by atoms with Crippen molar-refractivity contribution in [1.82, 2.24) is 5.43 Å². The van der Waals surface area contributed by atoms with Crippen LogP contribution in [0.15, 0.2) is 65.8 Å². The molecule has 1 N–H and O–H groups in total. The molecule has 0 saturated carbocycles. The van der Waals surface area contributed by atoms with E-state index in [0.29, 0.717) is 39.8 Å². The molecule has 0 saturated heterocycles. The number of aryl methyl sites for hydroxylation is 1. The number of carbonyl (C=O) groups is 1. The molecule has 3 aromatic carbocycles. The summed E-state index contributed by atoms with van der Waals surface area (Å²) in [6, 6.07) is 16.7. The lowest BCUT2D eigenvalue weighted by molar-refractivity contribution is 0.0955. The van der Waals surface area contributed by atoms with E-state index in [1.807, 2.05) is 13.8 Å². The van der Waals surface area contributed by atoms with Gasteiger partial charge in [-0.25, -0.2) is 9.82 Å². The van der Waals surface area contributed by atoms with E-state index >= 15 is 0 Å². The summed E-state index contributed by atoms with van der Waals surface area (Å²) in [5.74, 6) is 0.294. The van der Waals surface area contributed by atoms with Crippen molar-refractivity contribution in [3.63, 3.8) is 0 Å². The number of nitrogens with one attached hydrogen (secondary N) is 1. The van der Waals surface area contributed by atoms with Crippen LogP contribution >= 0.6 is 11.6 Å². The van der Waals surface area contributed by atoms with Gasteiger partial charge in [0.25, 0.3) is 5.91 Å². The Kier molecular flexibility index (Phi) is 7.62. The Morgan fingerprint density at radius 3 is 2.65 bits per heavy atom. The Morgan fingerprint density at radius 1 is 1.10 bits per heavy atom. The molecule has 0 aliphatic rings. The quantitative estimate of drug-likeness (QED) is 0.370. The maximum atomic E-state index is 13.8. The Morgan fingerprint density at radius 2 is 1.90 bits per heavy atom. The van der Waals surface area contributed by atoms with Gasteiger partial charge in [-0.15, -0.1) is 0 Å². The van der Waals surface area contributed by atoms with Crippen LogP contribution in [0.25, 0.3) is 0 Å². The maximum Gasteiger partial charge on any atom is 0.271 e. The van der Waals surface area contributed by atoms with E-state index < -0.39 is 0 Å². The van der Waals surface area contributed by atoms with E-state index in [4.69, 9.17) is 21.1 Å². The Balaban J connectivity index is 1.67. The highest BCUT2D eigenvalue weighted by atomic mass is 35.5. The molecule has 0 spiro atoms. The van der Waals surface area contributed by atoms with Gasteiger partial charge in [0.2, 0.25) is 0 Å². The average Bonchev–Trinajstić information content (AvgIpc) is 2.76. The molecular weight excluding hydrogens is 419 g/mol. The minimum absolute atomic E-state index is 0.0787. The van der Waals surface area contributed by atoms with Crippen molar-refractivity contribution in [2.75, 3.05) is 6.61 Å². The normalized spacial score (nSPS) is 10.8. The second-order valence-electron chi connectivity index (χ2n) is 6.68. The zero-order valence-electron chi connectivity index (χ0n) is 17.2. The van der Waals surface area contributed by atoms with Crippen LogP contribution in [-0.2, 0) is 6.61 Å². The molecule has 3 aromatic rings. The summed E-state index contributed by atoms with van der Waals surface area (Å²) in [6.45, 7) is 4.23. The molecule has 0 unspecified atom stereocenters. The third-order valence-corrected chi connectivity index (χ3v) is 4.83. The van der Waals surface area contributed by atoms with Gasteiger partial charge in [0.15, 0.2) is 11.5 Å². The number of ether oxygens (including phenoxy) is 2. The first-order chi connectivity index (χ1) is 15.0. The Hall–Kier alpha value is -3.38. The van der Waals surface area contributed by atoms with Crippen molar-refractivity contribution in [2.24, 2.45) is 5.10 Å². The molecule has 0 aromatic heterocycles. The summed E-state index contributed by atoms with van der Waals surface area (Å²) in [7, 11) is 0. The van der Waals surface area contributed by atoms with Gasteiger partial charge < -0.3 is 9.47 Å². The third kappa shape index (κ3) is 6.06. The standard InChI is InChI=1S/C24H22ClFN2O3/c1-3-30-23-12-17(9-11-22(23)31-15-19-6-4-5-7-21(19)26)14-27-28-24(29)18-10-8-16(2)20(25)13-18/h4-14H,3,15H2,1-2H3,(H,28,29)/b27-14-. The number of benzene rings is 3. The van der Waals surface area contributed by atoms with Crippen molar-refractivity contribution in [1.29, 1.82) is 0 Å². The number of hydrazone groups is 1. The van der Waals surface area contributed by atoms with Gasteiger partial charge in [-0.1, -0.05) is 35.9 Å². The fourth-order valence-corrected chi connectivity index (χ4v) is 2.91. The Bertz CT molecular complexity index is 1100. The van der Waals surface area contributed by atoms with Crippen molar-refractivity contribution in [2.45, 2.75) is 20.5 Å². The molecule has 0 aliphatic carbocycles. The van der Waals surface area contributed by atoms with Gasteiger partial charge in [0.1, 0.15) is 12.4 Å². The monoisotopic (exact) mass is 440 g/mol. The van der Waals surface area contributed by atoms with Gasteiger partial charge in [-0.2, -0.15) is 5.10 Å². The molecule has 0 aliphatic heterocycles. The second-order valence-corrected chi connectivity index (χ2v) is 7.09. The van der Waals surface area contributed by atoms with Crippen LogP contribution in [0.4, 0.5) is 4.39 Å². The first kappa shape index (κ1) is 22.3. The van der Waals surface area contributed by atoms with E-state index in [9.17, 15) is 9.18 Å². The SMILES string of the molecule is CCOc1cc(/C=N\NC(=O)c2ccc(C)c(Cl)c2)ccc1OCc1ccccc1F. The molecule has 0 atom stereocenters. The van der Waals surface area contributed by atoms with Crippen molar-refractivity contribution >= 4 is 23.7 Å². The largest absolute Gasteiger partial charge is 0.490 e. The minimum atomic E-state index is -0.368. The molecule has 0 heterocycles. The molecule has 31 heavy (non-hydrogen) atoms. The molecule has 5 nitrogen and oxygen atoms in total. The zero-order valence-corrected chi connectivity index (χ0v) is 17.9. The summed E-state index contributed by atoms with van der Waals surface area (Å²) in [5.41, 5.74) is 4.93. The minimum Gasteiger partial charge on any atom is -0.490 e. The number of amides is 1. The predicted molar refractivity (Wildman–Crippen MR) is 120 cm³/mol. The Labute approximate surface area is 185 Å². The number of halogens is 2. The highest BCUT2D eigenvalue weighted by Gasteiger charge is 2.09. The van der Waals surface area contributed by atoms with Crippen LogP contribution in [-0.4, -0.2) is 18.7 Å². The molecule has 3 rings (SSSR count). The van der Waals surface area contributed by atoms with Crippen LogP contribution in [0.1, 0.15) is 34.0 Å². The number of hydrogen-bond donors (Lipinski definition) is 1. The summed E-state index contributed by atoms with van der Waals surface area (Å²) in [5, 5.41) is 4.51. The lowest BCUT2D eigenvalue weighted by Crippen LogP contribution is -2.17. The molecule has 0 radical (unpaired) electrons. The van der Waals surface area contributed by atoms with E-state index in [1.165, 1.54) is 12.3 Å². The molecule has 0 fully saturated rings. The number of rotatable bonds is 8. The summed E-state index contributed by atoms with van der Waals surface area (Å²) in [4.78, 5) is 12.2. The number of hydrogen-bond acceptors (Lipinski definition) is 4. The lowest BCUT2D eigenvalue weighted by atomic mass is 10.1. The number of carbonyl (C=O) groups excluding carboxylic acids is 1. The van der Waals surface area contributed by atoms with Gasteiger partial charge in [0, 0.05) is 16.1 Å². The van der Waals surface area contributed by atoms with Crippen LogP contribution in [0.2, 0.25) is 5.02 Å². The van der Waals surface area contributed by atoms with Gasteiger partial charge in [-0.05, 0) is 61.4 Å². The van der Waals surface area contributed by atoms with E-state index in [-0.39, 0.29) is 18.3 Å². The van der Waals surface area contributed by atoms with Crippen LogP contribution in [0, 0.1) is 12.7 Å².